The van der Waals surface area contributed by atoms with Crippen molar-refractivity contribution < 1.29 is 14.7 Å². The lowest BCUT2D eigenvalue weighted by molar-refractivity contribution is -0.118. The van der Waals surface area contributed by atoms with Gasteiger partial charge in [-0.1, -0.05) is 11.6 Å². The second kappa shape index (κ2) is 5.40. The Morgan fingerprint density at radius 3 is 2.65 bits per heavy atom. The van der Waals surface area contributed by atoms with Crippen LogP contribution in [0.25, 0.3) is 0 Å². The molecule has 92 valence electrons. The Labute approximate surface area is 103 Å². The van der Waals surface area contributed by atoms with Gasteiger partial charge in [0.2, 0.25) is 5.91 Å². The maximum atomic E-state index is 11.1. The summed E-state index contributed by atoms with van der Waals surface area (Å²) in [4.78, 5) is 22.0. The number of benzene rings is 1. The Kier molecular flexibility index (Phi) is 4.17. The van der Waals surface area contributed by atoms with Crippen LogP contribution in [0.3, 0.4) is 0 Å². The lowest BCUT2D eigenvalue weighted by atomic mass is 10.1. The number of hydrogen-bond donors (Lipinski definition) is 4. The number of aromatic carboxylic acids is 1. The minimum atomic E-state index is -1.17. The van der Waals surface area contributed by atoms with Crippen LogP contribution in [0.2, 0.25) is 5.02 Å². The summed E-state index contributed by atoms with van der Waals surface area (Å²) in [6, 6.07) is 2.70. The lowest BCUT2D eigenvalue weighted by Crippen LogP contribution is -2.26. The van der Waals surface area contributed by atoms with Crippen LogP contribution in [0.1, 0.15) is 10.4 Å². The molecule has 7 heteroatoms. The molecule has 0 aliphatic rings. The highest BCUT2D eigenvalue weighted by molar-refractivity contribution is 6.34. The summed E-state index contributed by atoms with van der Waals surface area (Å²) in [7, 11) is 1.48. The third-order valence-corrected chi connectivity index (χ3v) is 2.35. The number of carbonyl (C=O) groups is 2. The fourth-order valence-electron chi connectivity index (χ4n) is 1.23. The van der Waals surface area contributed by atoms with E-state index >= 15 is 0 Å². The van der Waals surface area contributed by atoms with Gasteiger partial charge in [-0.05, 0) is 12.1 Å². The van der Waals surface area contributed by atoms with Crippen molar-refractivity contribution in [2.75, 3.05) is 24.6 Å². The Bertz CT molecular complexity index is 462. The van der Waals surface area contributed by atoms with Gasteiger partial charge < -0.3 is 21.5 Å². The third kappa shape index (κ3) is 3.25. The second-order valence-corrected chi connectivity index (χ2v) is 3.66. The Morgan fingerprint density at radius 2 is 2.12 bits per heavy atom. The maximum Gasteiger partial charge on any atom is 0.337 e. The summed E-state index contributed by atoms with van der Waals surface area (Å²) >= 11 is 5.87. The molecule has 0 radical (unpaired) electrons. The van der Waals surface area contributed by atoms with Gasteiger partial charge in [0.1, 0.15) is 0 Å². The number of carbonyl (C=O) groups excluding carboxylic acids is 1. The van der Waals surface area contributed by atoms with Crippen molar-refractivity contribution in [3.8, 4) is 0 Å². The maximum absolute atomic E-state index is 11.1. The fraction of sp³-hybridized carbons (Fsp3) is 0.200. The highest BCUT2D eigenvalue weighted by atomic mass is 35.5. The van der Waals surface area contributed by atoms with Crippen molar-refractivity contribution in [1.82, 2.24) is 5.32 Å². The number of likely N-dealkylation sites (N-methyl/N-ethyl adjacent to an activating group) is 1. The summed E-state index contributed by atoms with van der Waals surface area (Å²) in [6.07, 6.45) is 0. The average molecular weight is 258 g/mol. The number of carboxylic acid groups (broad SMARTS) is 1. The van der Waals surface area contributed by atoms with Crippen LogP contribution in [0.4, 0.5) is 11.4 Å². The fourth-order valence-corrected chi connectivity index (χ4v) is 1.53. The highest BCUT2D eigenvalue weighted by Gasteiger charge is 2.15. The van der Waals surface area contributed by atoms with Crippen LogP contribution < -0.4 is 16.4 Å². The van der Waals surface area contributed by atoms with Crippen LogP contribution >= 0.6 is 11.6 Å². The molecule has 0 heterocycles. The molecule has 0 saturated carbocycles. The van der Waals surface area contributed by atoms with Crippen molar-refractivity contribution in [1.29, 1.82) is 0 Å². The standard InChI is InChI=1S/C10H12ClN3O3/c1-13-8(15)4-14-9-6(10(16)17)2-5(12)3-7(9)11/h2-3,14H,4,12H2,1H3,(H,13,15)(H,16,17). The molecular formula is C10H12ClN3O3. The van der Waals surface area contributed by atoms with Crippen molar-refractivity contribution >= 4 is 34.9 Å². The van der Waals surface area contributed by atoms with E-state index in [2.05, 4.69) is 10.6 Å². The number of hydrogen-bond acceptors (Lipinski definition) is 4. The van der Waals surface area contributed by atoms with Gasteiger partial charge in [-0.2, -0.15) is 0 Å². The van der Waals surface area contributed by atoms with Gasteiger partial charge in [-0.15, -0.1) is 0 Å². The number of carboxylic acids is 1. The van der Waals surface area contributed by atoms with Crippen LogP contribution in [-0.2, 0) is 4.79 Å². The molecule has 0 fully saturated rings. The highest BCUT2D eigenvalue weighted by Crippen LogP contribution is 2.29. The van der Waals surface area contributed by atoms with Gasteiger partial charge in [0.25, 0.3) is 0 Å². The minimum Gasteiger partial charge on any atom is -0.478 e. The summed E-state index contributed by atoms with van der Waals surface area (Å²) in [5, 5.41) is 14.2. The Morgan fingerprint density at radius 1 is 1.47 bits per heavy atom. The second-order valence-electron chi connectivity index (χ2n) is 3.26. The Balaban J connectivity index is 3.04. The first-order valence-electron chi connectivity index (χ1n) is 4.72. The van der Waals surface area contributed by atoms with E-state index in [4.69, 9.17) is 22.4 Å². The number of nitrogens with one attached hydrogen (secondary N) is 2. The van der Waals surface area contributed by atoms with Crippen molar-refractivity contribution in [2.24, 2.45) is 0 Å². The predicted octanol–water partition coefficient (Wildman–Crippen LogP) is 0.778. The molecule has 0 aromatic heterocycles. The van der Waals surface area contributed by atoms with Crippen molar-refractivity contribution in [2.45, 2.75) is 0 Å². The van der Waals surface area contributed by atoms with Crippen LogP contribution in [-0.4, -0.2) is 30.6 Å². The van der Waals surface area contributed by atoms with Crippen LogP contribution in [0, 0.1) is 0 Å². The van der Waals surface area contributed by atoms with Crippen molar-refractivity contribution in [3.63, 3.8) is 0 Å². The molecule has 0 aliphatic carbocycles. The SMILES string of the molecule is CNC(=O)CNc1c(Cl)cc(N)cc1C(=O)O. The molecule has 5 N–H and O–H groups in total. The van der Waals surface area contributed by atoms with Gasteiger partial charge >= 0.3 is 5.97 Å². The number of halogens is 1. The zero-order chi connectivity index (χ0) is 13.0. The third-order valence-electron chi connectivity index (χ3n) is 2.05. The zero-order valence-electron chi connectivity index (χ0n) is 9.08. The zero-order valence-corrected chi connectivity index (χ0v) is 9.84. The molecule has 0 aliphatic heterocycles. The van der Waals surface area contributed by atoms with Gasteiger partial charge in [0, 0.05) is 12.7 Å². The first-order chi connectivity index (χ1) is 7.95. The molecule has 17 heavy (non-hydrogen) atoms. The number of nitrogens with two attached hydrogens (primary N) is 1. The molecule has 0 saturated heterocycles. The smallest absolute Gasteiger partial charge is 0.337 e. The van der Waals surface area contributed by atoms with E-state index in [1.807, 2.05) is 0 Å². The van der Waals surface area contributed by atoms with Crippen molar-refractivity contribution in [3.05, 3.63) is 22.7 Å². The topological polar surface area (TPSA) is 104 Å². The molecule has 0 atom stereocenters. The number of nitrogen functional groups attached to an aromatic ring is 1. The molecular weight excluding hydrogens is 246 g/mol. The van der Waals surface area contributed by atoms with Crippen LogP contribution in [0.15, 0.2) is 12.1 Å². The van der Waals surface area contributed by atoms with E-state index < -0.39 is 5.97 Å². The normalized spacial score (nSPS) is 9.76. The van der Waals surface area contributed by atoms with E-state index in [0.29, 0.717) is 0 Å². The largest absolute Gasteiger partial charge is 0.478 e. The molecule has 0 spiro atoms. The average Bonchev–Trinajstić information content (AvgIpc) is 2.26. The number of anilines is 2. The summed E-state index contributed by atoms with van der Waals surface area (Å²) in [5.74, 6) is -1.45. The predicted molar refractivity (Wildman–Crippen MR) is 65.4 cm³/mol. The summed E-state index contributed by atoms with van der Waals surface area (Å²) in [5.41, 5.74) is 5.85. The van der Waals surface area contributed by atoms with E-state index in [-0.39, 0.29) is 34.4 Å². The molecule has 1 amide bonds. The van der Waals surface area contributed by atoms with E-state index in [9.17, 15) is 9.59 Å². The Hall–Kier alpha value is -1.95. The molecule has 1 aromatic carbocycles. The van der Waals surface area contributed by atoms with E-state index in [1.165, 1.54) is 19.2 Å². The molecule has 0 unspecified atom stereocenters. The molecule has 0 bridgehead atoms. The van der Waals surface area contributed by atoms with Gasteiger partial charge in [0.15, 0.2) is 0 Å². The quantitative estimate of drug-likeness (QED) is 0.597. The van der Waals surface area contributed by atoms with Gasteiger partial charge in [0.05, 0.1) is 22.8 Å². The molecule has 1 aromatic rings. The summed E-state index contributed by atoms with van der Waals surface area (Å²) in [6.45, 7) is -0.0690. The van der Waals surface area contributed by atoms with E-state index in [1.54, 1.807) is 0 Å². The van der Waals surface area contributed by atoms with E-state index in [0.717, 1.165) is 0 Å². The minimum absolute atomic E-state index is 0.0690. The van der Waals surface area contributed by atoms with Gasteiger partial charge in [-0.25, -0.2) is 4.79 Å². The molecule has 6 nitrogen and oxygen atoms in total. The first kappa shape index (κ1) is 13.1. The lowest BCUT2D eigenvalue weighted by Gasteiger charge is -2.11. The number of rotatable bonds is 4. The van der Waals surface area contributed by atoms with Gasteiger partial charge in [-0.3, -0.25) is 4.79 Å². The number of amides is 1. The molecule has 1 rings (SSSR count). The summed E-state index contributed by atoms with van der Waals surface area (Å²) < 4.78 is 0. The monoisotopic (exact) mass is 257 g/mol. The first-order valence-corrected chi connectivity index (χ1v) is 5.10. The van der Waals surface area contributed by atoms with Crippen LogP contribution in [0.5, 0.6) is 0 Å².